The van der Waals surface area contributed by atoms with E-state index >= 15 is 0 Å². The standard InChI is InChI=1S/C15H13NO3/c1-10-8-13(9-11(2)14(10)17)16-19-15(18)12-6-4-3-5-7-12/h3-9H,1-2H3. The molecule has 0 aromatic heterocycles. The Labute approximate surface area is 111 Å². The summed E-state index contributed by atoms with van der Waals surface area (Å²) in [7, 11) is 0. The topological polar surface area (TPSA) is 55.7 Å². The Morgan fingerprint density at radius 2 is 1.63 bits per heavy atom. The van der Waals surface area contributed by atoms with Gasteiger partial charge in [0.25, 0.3) is 0 Å². The van der Waals surface area contributed by atoms with Crippen LogP contribution in [0.2, 0.25) is 0 Å². The van der Waals surface area contributed by atoms with Crippen LogP contribution in [0.3, 0.4) is 0 Å². The highest BCUT2D eigenvalue weighted by atomic mass is 16.7. The van der Waals surface area contributed by atoms with Gasteiger partial charge in [-0.05, 0) is 49.3 Å². The maximum absolute atomic E-state index is 11.7. The van der Waals surface area contributed by atoms with Crippen molar-refractivity contribution in [2.75, 3.05) is 0 Å². The summed E-state index contributed by atoms with van der Waals surface area (Å²) in [5.41, 5.74) is 2.04. The largest absolute Gasteiger partial charge is 0.365 e. The number of nitrogens with zero attached hydrogens (tertiary/aromatic N) is 1. The van der Waals surface area contributed by atoms with E-state index in [-0.39, 0.29) is 5.78 Å². The first kappa shape index (κ1) is 13.0. The van der Waals surface area contributed by atoms with E-state index in [9.17, 15) is 9.59 Å². The second-order valence-corrected chi connectivity index (χ2v) is 4.24. The zero-order chi connectivity index (χ0) is 13.8. The Morgan fingerprint density at radius 3 is 2.21 bits per heavy atom. The Bertz CT molecular complexity index is 586. The first-order valence-electron chi connectivity index (χ1n) is 5.83. The number of carbonyl (C=O) groups excluding carboxylic acids is 2. The average molecular weight is 255 g/mol. The number of carbonyl (C=O) groups is 2. The Balaban J connectivity index is 2.12. The van der Waals surface area contributed by atoms with Crippen LogP contribution in [0.4, 0.5) is 0 Å². The maximum atomic E-state index is 11.7. The van der Waals surface area contributed by atoms with E-state index in [0.29, 0.717) is 22.4 Å². The zero-order valence-electron chi connectivity index (χ0n) is 10.7. The lowest BCUT2D eigenvalue weighted by atomic mass is 9.98. The van der Waals surface area contributed by atoms with Crippen LogP contribution in [-0.4, -0.2) is 17.5 Å². The predicted molar refractivity (Wildman–Crippen MR) is 71.8 cm³/mol. The summed E-state index contributed by atoms with van der Waals surface area (Å²) in [6.07, 6.45) is 3.18. The van der Waals surface area contributed by atoms with E-state index in [1.54, 1.807) is 50.3 Å². The predicted octanol–water partition coefficient (Wildman–Crippen LogP) is 2.67. The molecule has 4 heteroatoms. The molecule has 96 valence electrons. The summed E-state index contributed by atoms with van der Waals surface area (Å²) in [6, 6.07) is 8.60. The molecule has 0 radical (unpaired) electrons. The highest BCUT2D eigenvalue weighted by molar-refractivity contribution is 6.21. The summed E-state index contributed by atoms with van der Waals surface area (Å²) in [4.78, 5) is 28.1. The molecule has 0 amide bonds. The molecule has 0 unspecified atom stereocenters. The lowest BCUT2D eigenvalue weighted by Gasteiger charge is -2.07. The third-order valence-electron chi connectivity index (χ3n) is 2.69. The van der Waals surface area contributed by atoms with Crippen LogP contribution < -0.4 is 0 Å². The number of oxime groups is 1. The minimum absolute atomic E-state index is 0.0201. The Hall–Kier alpha value is -2.49. The number of benzene rings is 1. The van der Waals surface area contributed by atoms with Crippen molar-refractivity contribution in [1.82, 2.24) is 0 Å². The number of rotatable bonds is 2. The van der Waals surface area contributed by atoms with Gasteiger partial charge < -0.3 is 4.84 Å². The fraction of sp³-hybridized carbons (Fsp3) is 0.133. The molecular formula is C15H13NO3. The fourth-order valence-corrected chi connectivity index (χ4v) is 1.70. The molecule has 0 saturated heterocycles. The molecule has 0 atom stereocenters. The summed E-state index contributed by atoms with van der Waals surface area (Å²) in [6.45, 7) is 3.40. The highest BCUT2D eigenvalue weighted by Gasteiger charge is 2.14. The van der Waals surface area contributed by atoms with Crippen LogP contribution in [0.1, 0.15) is 24.2 Å². The lowest BCUT2D eigenvalue weighted by molar-refractivity contribution is -0.112. The Morgan fingerprint density at radius 1 is 1.05 bits per heavy atom. The number of hydrogen-bond acceptors (Lipinski definition) is 4. The van der Waals surface area contributed by atoms with Gasteiger partial charge in [-0.3, -0.25) is 4.79 Å². The molecule has 1 aliphatic carbocycles. The van der Waals surface area contributed by atoms with Gasteiger partial charge in [0.2, 0.25) is 0 Å². The molecule has 0 N–H and O–H groups in total. The monoisotopic (exact) mass is 255 g/mol. The van der Waals surface area contributed by atoms with Crippen LogP contribution in [0.15, 0.2) is 58.8 Å². The second-order valence-electron chi connectivity index (χ2n) is 4.24. The van der Waals surface area contributed by atoms with Gasteiger partial charge in [0, 0.05) is 0 Å². The Kier molecular flexibility index (Phi) is 3.71. The van der Waals surface area contributed by atoms with Crippen LogP contribution in [0, 0.1) is 0 Å². The van der Waals surface area contributed by atoms with E-state index in [2.05, 4.69) is 5.16 Å². The molecule has 2 rings (SSSR count). The van der Waals surface area contributed by atoms with Crippen molar-refractivity contribution in [3.63, 3.8) is 0 Å². The molecule has 0 heterocycles. The number of Topliss-reactive ketones (excluding diaryl/α,β-unsaturated/α-hetero) is 1. The zero-order valence-corrected chi connectivity index (χ0v) is 10.7. The van der Waals surface area contributed by atoms with Crippen molar-refractivity contribution < 1.29 is 14.4 Å². The normalized spacial score (nSPS) is 14.6. The van der Waals surface area contributed by atoms with Crippen molar-refractivity contribution in [2.45, 2.75) is 13.8 Å². The minimum Gasteiger partial charge on any atom is -0.312 e. The second kappa shape index (κ2) is 5.44. The smallest absolute Gasteiger partial charge is 0.312 e. The van der Waals surface area contributed by atoms with Crippen molar-refractivity contribution in [1.29, 1.82) is 0 Å². The molecule has 0 aliphatic heterocycles. The van der Waals surface area contributed by atoms with Gasteiger partial charge in [0.15, 0.2) is 5.78 Å². The fourth-order valence-electron chi connectivity index (χ4n) is 1.70. The van der Waals surface area contributed by atoms with Crippen LogP contribution in [-0.2, 0) is 9.63 Å². The SMILES string of the molecule is CC1=CC(=NOC(=O)c2ccccc2)C=C(C)C1=O. The first-order valence-corrected chi connectivity index (χ1v) is 5.83. The van der Waals surface area contributed by atoms with Gasteiger partial charge in [-0.25, -0.2) is 4.79 Å². The average Bonchev–Trinajstić information content (AvgIpc) is 2.43. The summed E-state index contributed by atoms with van der Waals surface area (Å²) in [5.74, 6) is -0.546. The molecule has 0 saturated carbocycles. The molecule has 4 nitrogen and oxygen atoms in total. The molecular weight excluding hydrogens is 242 g/mol. The van der Waals surface area contributed by atoms with Gasteiger partial charge in [-0.15, -0.1) is 0 Å². The molecule has 1 aromatic carbocycles. The molecule has 0 spiro atoms. The summed E-state index contributed by atoms with van der Waals surface area (Å²) < 4.78 is 0. The third-order valence-corrected chi connectivity index (χ3v) is 2.69. The quantitative estimate of drug-likeness (QED) is 0.464. The van der Waals surface area contributed by atoms with Crippen molar-refractivity contribution in [3.05, 3.63) is 59.2 Å². The lowest BCUT2D eigenvalue weighted by Crippen LogP contribution is -2.11. The van der Waals surface area contributed by atoms with Gasteiger partial charge in [0.1, 0.15) is 5.71 Å². The van der Waals surface area contributed by atoms with E-state index < -0.39 is 5.97 Å². The molecule has 1 aromatic rings. The van der Waals surface area contributed by atoms with Crippen molar-refractivity contribution >= 4 is 17.5 Å². The molecule has 1 aliphatic rings. The highest BCUT2D eigenvalue weighted by Crippen LogP contribution is 2.12. The van der Waals surface area contributed by atoms with Crippen molar-refractivity contribution in [3.8, 4) is 0 Å². The van der Waals surface area contributed by atoms with E-state index in [1.165, 1.54) is 0 Å². The van der Waals surface area contributed by atoms with Gasteiger partial charge in [-0.1, -0.05) is 23.4 Å². The number of allylic oxidation sites excluding steroid dienone is 4. The van der Waals surface area contributed by atoms with Crippen LogP contribution in [0.25, 0.3) is 0 Å². The molecule has 19 heavy (non-hydrogen) atoms. The third kappa shape index (κ3) is 3.04. The van der Waals surface area contributed by atoms with Gasteiger partial charge in [0.05, 0.1) is 5.56 Å². The minimum atomic E-state index is -0.526. The summed E-state index contributed by atoms with van der Waals surface area (Å²) >= 11 is 0. The van der Waals surface area contributed by atoms with Gasteiger partial charge >= 0.3 is 5.97 Å². The molecule has 0 fully saturated rings. The van der Waals surface area contributed by atoms with E-state index in [0.717, 1.165) is 0 Å². The number of ketones is 1. The number of hydrogen-bond donors (Lipinski definition) is 0. The van der Waals surface area contributed by atoms with Gasteiger partial charge in [-0.2, -0.15) is 0 Å². The van der Waals surface area contributed by atoms with E-state index in [4.69, 9.17) is 4.84 Å². The maximum Gasteiger partial charge on any atom is 0.365 e. The van der Waals surface area contributed by atoms with E-state index in [1.807, 2.05) is 6.07 Å². The first-order chi connectivity index (χ1) is 9.08. The van der Waals surface area contributed by atoms with Crippen molar-refractivity contribution in [2.24, 2.45) is 5.16 Å². The van der Waals surface area contributed by atoms with Crippen LogP contribution >= 0.6 is 0 Å². The summed E-state index contributed by atoms with van der Waals surface area (Å²) in [5, 5.41) is 3.76. The van der Waals surface area contributed by atoms with Crippen LogP contribution in [0.5, 0.6) is 0 Å². The molecule has 0 bridgehead atoms.